The summed E-state index contributed by atoms with van der Waals surface area (Å²) in [6.45, 7) is 9.36. The zero-order valence-electron chi connectivity index (χ0n) is 32.6. The maximum absolute atomic E-state index is 6.30. The molecule has 2 N–H and O–H groups in total. The van der Waals surface area contributed by atoms with E-state index in [2.05, 4.69) is 20.8 Å². The molecule has 2 radical (unpaired) electrons. The van der Waals surface area contributed by atoms with Crippen LogP contribution in [0, 0.1) is 0 Å². The summed E-state index contributed by atoms with van der Waals surface area (Å²) in [7, 11) is 0.638. The van der Waals surface area contributed by atoms with Crippen LogP contribution in [0.4, 0.5) is 0 Å². The van der Waals surface area contributed by atoms with Gasteiger partial charge in [-0.05, 0) is 51.5 Å². The van der Waals surface area contributed by atoms with E-state index in [1.807, 2.05) is 0 Å². The average Bonchev–Trinajstić information content (AvgIpc) is 3.06. The molecule has 0 heterocycles. The van der Waals surface area contributed by atoms with Gasteiger partial charge in [-0.2, -0.15) is 0 Å². The van der Waals surface area contributed by atoms with Gasteiger partial charge in [-0.15, -0.1) is 0 Å². The van der Waals surface area contributed by atoms with Crippen molar-refractivity contribution in [2.75, 3.05) is 19.8 Å². The van der Waals surface area contributed by atoms with Gasteiger partial charge in [0.2, 0.25) is 9.76 Å². The van der Waals surface area contributed by atoms with Crippen molar-refractivity contribution in [1.29, 1.82) is 0 Å². The second-order valence-electron chi connectivity index (χ2n) is 14.7. The molecule has 0 rings (SSSR count). The number of hydrogen-bond acceptors (Lipinski definition) is 4. The van der Waals surface area contributed by atoms with E-state index >= 15 is 0 Å². The molecule has 0 saturated carbocycles. The van der Waals surface area contributed by atoms with Crippen LogP contribution in [0.3, 0.4) is 0 Å². The lowest BCUT2D eigenvalue weighted by molar-refractivity contribution is -0.148. The van der Waals surface area contributed by atoms with Crippen LogP contribution >= 0.6 is 0 Å². The highest BCUT2D eigenvalue weighted by molar-refractivity contribution is 6.26. The van der Waals surface area contributed by atoms with Crippen LogP contribution in [0.2, 0.25) is 6.04 Å². The van der Waals surface area contributed by atoms with Crippen molar-refractivity contribution in [1.82, 2.24) is 0 Å². The lowest BCUT2D eigenvalue weighted by atomic mass is 10.1. The van der Waals surface area contributed by atoms with Gasteiger partial charge < -0.3 is 19.6 Å². The smallest absolute Gasteiger partial charge is 0.229 e. The predicted molar refractivity (Wildman–Crippen MR) is 210 cm³/mol. The van der Waals surface area contributed by atoms with E-state index in [-0.39, 0.29) is 6.29 Å². The molecule has 0 spiro atoms. The Morgan fingerprint density at radius 2 is 0.723 bits per heavy atom. The Kier molecular flexibility index (Phi) is 42.3. The van der Waals surface area contributed by atoms with Crippen LogP contribution < -0.4 is 5.73 Å². The summed E-state index contributed by atoms with van der Waals surface area (Å²) in [5, 5.41) is 0. The van der Waals surface area contributed by atoms with Crippen molar-refractivity contribution >= 4 is 9.76 Å². The minimum absolute atomic E-state index is 0.0210. The van der Waals surface area contributed by atoms with E-state index in [1.54, 1.807) is 0 Å². The van der Waals surface area contributed by atoms with E-state index in [1.165, 1.54) is 199 Å². The largest absolute Gasteiger partial charge is 0.417 e. The van der Waals surface area contributed by atoms with Gasteiger partial charge in [-0.1, -0.05) is 187 Å². The lowest BCUT2D eigenvalue weighted by Crippen LogP contribution is -2.19. The number of rotatable bonds is 42. The Labute approximate surface area is 299 Å². The molecule has 1 unspecified atom stereocenters. The molecule has 0 aliphatic carbocycles. The molecule has 0 saturated heterocycles. The van der Waals surface area contributed by atoms with Gasteiger partial charge in [0.1, 0.15) is 0 Å². The predicted octanol–water partition coefficient (Wildman–Crippen LogP) is 13.7. The Bertz CT molecular complexity index is 524. The Morgan fingerprint density at radius 3 is 1.09 bits per heavy atom. The molecule has 0 aromatic heterocycles. The molecule has 47 heavy (non-hydrogen) atoms. The first kappa shape index (κ1) is 47.1. The lowest BCUT2D eigenvalue weighted by Gasteiger charge is -2.19. The highest BCUT2D eigenvalue weighted by Gasteiger charge is 2.09. The van der Waals surface area contributed by atoms with Gasteiger partial charge in [-0.3, -0.25) is 0 Å². The van der Waals surface area contributed by atoms with Gasteiger partial charge in [0.25, 0.3) is 0 Å². The Hall–Kier alpha value is 0.0569. The Balaban J connectivity index is 3.85. The van der Waals surface area contributed by atoms with Crippen LogP contribution in [-0.2, 0) is 13.9 Å². The van der Waals surface area contributed by atoms with Crippen molar-refractivity contribution in [3.8, 4) is 0 Å². The van der Waals surface area contributed by atoms with Crippen LogP contribution in [0.25, 0.3) is 0 Å². The molecular weight excluding hydrogens is 595 g/mol. The minimum atomic E-state index is 0.0210. The molecule has 282 valence electrons. The standard InChI is InChI=1S/C42H87NO3Si/c1-4-6-8-10-12-14-20-24-28-32-37-44-42(45-38-33-29-25-21-15-13-11-9-7-5-2)35-31-27-23-19-17-16-18-22-26-30-34-39-46-47-40-36-41(3)43/h41-42H,4-40,43H2,1-3H3. The SMILES string of the molecule is CCCCCCCCCCCCOC(CCCCCCCCCCCCCO[Si]CCC(C)N)OCCCCCCCCCCCC. The summed E-state index contributed by atoms with van der Waals surface area (Å²) >= 11 is 0. The summed E-state index contributed by atoms with van der Waals surface area (Å²) in [6, 6.07) is 1.43. The molecular formula is C42H87NO3Si. The average molecular weight is 682 g/mol. The summed E-state index contributed by atoms with van der Waals surface area (Å²) in [4.78, 5) is 0. The molecule has 1 atom stereocenters. The fourth-order valence-electron chi connectivity index (χ4n) is 6.33. The number of nitrogens with two attached hydrogens (primary N) is 1. The van der Waals surface area contributed by atoms with Gasteiger partial charge >= 0.3 is 0 Å². The molecule has 4 nitrogen and oxygen atoms in total. The van der Waals surface area contributed by atoms with E-state index in [0.717, 1.165) is 38.7 Å². The number of hydrogen-bond donors (Lipinski definition) is 1. The highest BCUT2D eigenvalue weighted by Crippen LogP contribution is 2.16. The fourth-order valence-corrected chi connectivity index (χ4v) is 7.34. The third-order valence-corrected chi connectivity index (χ3v) is 10.5. The van der Waals surface area contributed by atoms with Gasteiger partial charge in [0.05, 0.1) is 0 Å². The normalized spacial score (nSPS) is 12.4. The van der Waals surface area contributed by atoms with Crippen LogP contribution in [-0.4, -0.2) is 41.9 Å². The maximum Gasteiger partial charge on any atom is 0.229 e. The number of unbranched alkanes of at least 4 members (excludes halogenated alkanes) is 28. The van der Waals surface area contributed by atoms with E-state index in [0.29, 0.717) is 15.8 Å². The first-order chi connectivity index (χ1) is 23.2. The molecule has 0 aromatic carbocycles. The zero-order valence-corrected chi connectivity index (χ0v) is 33.6. The highest BCUT2D eigenvalue weighted by atomic mass is 28.2. The maximum atomic E-state index is 6.30. The van der Waals surface area contributed by atoms with Crippen molar-refractivity contribution in [3.05, 3.63) is 0 Å². The van der Waals surface area contributed by atoms with E-state index in [9.17, 15) is 0 Å². The van der Waals surface area contributed by atoms with Crippen LogP contribution in [0.5, 0.6) is 0 Å². The summed E-state index contributed by atoms with van der Waals surface area (Å²) in [5.74, 6) is 0. The monoisotopic (exact) mass is 682 g/mol. The molecule has 0 bridgehead atoms. The van der Waals surface area contributed by atoms with E-state index in [4.69, 9.17) is 19.6 Å². The van der Waals surface area contributed by atoms with Crippen molar-refractivity contribution in [3.63, 3.8) is 0 Å². The first-order valence-corrected chi connectivity index (χ1v) is 22.7. The minimum Gasteiger partial charge on any atom is -0.417 e. The van der Waals surface area contributed by atoms with Gasteiger partial charge in [0, 0.05) is 25.9 Å². The van der Waals surface area contributed by atoms with Gasteiger partial charge in [-0.25, -0.2) is 0 Å². The number of ether oxygens (including phenoxy) is 2. The molecule has 5 heteroatoms. The summed E-state index contributed by atoms with van der Waals surface area (Å²) in [5.41, 5.74) is 5.79. The van der Waals surface area contributed by atoms with Crippen molar-refractivity contribution in [2.45, 2.75) is 251 Å². The second kappa shape index (κ2) is 42.2. The fraction of sp³-hybridized carbons (Fsp3) is 1.00. The molecule has 0 fully saturated rings. The third-order valence-electron chi connectivity index (χ3n) is 9.59. The van der Waals surface area contributed by atoms with Crippen LogP contribution in [0.15, 0.2) is 0 Å². The van der Waals surface area contributed by atoms with Gasteiger partial charge in [0.15, 0.2) is 6.29 Å². The van der Waals surface area contributed by atoms with E-state index < -0.39 is 0 Å². The quantitative estimate of drug-likeness (QED) is 0.0396. The van der Waals surface area contributed by atoms with Crippen molar-refractivity contribution in [2.24, 2.45) is 5.73 Å². The molecule has 0 aromatic rings. The summed E-state index contributed by atoms with van der Waals surface area (Å²) < 4.78 is 18.4. The third kappa shape index (κ3) is 42.1. The first-order valence-electron chi connectivity index (χ1n) is 21.5. The molecule has 0 aliphatic heterocycles. The topological polar surface area (TPSA) is 53.7 Å². The molecule has 0 amide bonds. The van der Waals surface area contributed by atoms with Crippen molar-refractivity contribution < 1.29 is 13.9 Å². The summed E-state index contributed by atoms with van der Waals surface area (Å²) in [6.07, 6.45) is 44.5. The Morgan fingerprint density at radius 1 is 0.404 bits per heavy atom. The zero-order chi connectivity index (χ0) is 34.1. The molecule has 0 aliphatic rings. The second-order valence-corrected chi connectivity index (χ2v) is 15.8. The van der Waals surface area contributed by atoms with Crippen LogP contribution in [0.1, 0.15) is 233 Å².